The quantitative estimate of drug-likeness (QED) is 0.749. The molecule has 0 fully saturated rings. The first-order valence-corrected chi connectivity index (χ1v) is 9.36. The van der Waals surface area contributed by atoms with Gasteiger partial charge in [0.2, 0.25) is 0 Å². The molecule has 0 saturated carbocycles. The number of nitrogens with one attached hydrogen (secondary N) is 1. The summed E-state index contributed by atoms with van der Waals surface area (Å²) < 4.78 is 0. The number of aromatic amines is 1. The van der Waals surface area contributed by atoms with Crippen molar-refractivity contribution in [3.8, 4) is 10.4 Å². The fourth-order valence-corrected chi connectivity index (χ4v) is 3.89. The number of H-pyrrole nitrogens is 1. The molecule has 0 bridgehead atoms. The minimum Gasteiger partial charge on any atom is -0.309 e. The molecule has 1 N–H and O–H groups in total. The van der Waals surface area contributed by atoms with Crippen LogP contribution in [0.5, 0.6) is 0 Å². The largest absolute Gasteiger partial charge is 0.309 e. The molecule has 0 spiro atoms. The van der Waals surface area contributed by atoms with Crippen molar-refractivity contribution >= 4 is 21.6 Å². The summed E-state index contributed by atoms with van der Waals surface area (Å²) in [6, 6.07) is 12.4. The maximum absolute atomic E-state index is 12.5. The predicted octanol–water partition coefficient (Wildman–Crippen LogP) is 4.52. The van der Waals surface area contributed by atoms with Crippen LogP contribution in [0.15, 0.2) is 41.2 Å². The third kappa shape index (κ3) is 3.83. The lowest BCUT2D eigenvalue weighted by Crippen LogP contribution is -2.39. The number of rotatable bonds is 4. The van der Waals surface area contributed by atoms with Crippen LogP contribution in [0.3, 0.4) is 0 Å². The Balaban J connectivity index is 1.93. The van der Waals surface area contributed by atoms with Gasteiger partial charge in [-0.3, -0.25) is 9.69 Å². The van der Waals surface area contributed by atoms with Crippen LogP contribution in [0.4, 0.5) is 0 Å². The molecule has 132 valence electrons. The monoisotopic (exact) mass is 355 g/mol. The zero-order valence-corrected chi connectivity index (χ0v) is 16.3. The molecule has 25 heavy (non-hydrogen) atoms. The Morgan fingerprint density at radius 3 is 2.56 bits per heavy atom. The van der Waals surface area contributed by atoms with Crippen molar-refractivity contribution in [3.05, 3.63) is 52.6 Å². The maximum atomic E-state index is 12.5. The molecule has 3 rings (SSSR count). The van der Waals surface area contributed by atoms with E-state index in [9.17, 15) is 4.79 Å². The highest BCUT2D eigenvalue weighted by atomic mass is 32.1. The Labute approximate surface area is 152 Å². The van der Waals surface area contributed by atoms with Crippen LogP contribution in [0.25, 0.3) is 20.7 Å². The first-order chi connectivity index (χ1) is 11.8. The summed E-state index contributed by atoms with van der Waals surface area (Å²) in [6.45, 7) is 9.49. The Hall–Kier alpha value is -1.98. The molecule has 1 atom stereocenters. The number of fused-ring (bicyclic) bond motifs is 1. The lowest BCUT2D eigenvalue weighted by atomic mass is 9.87. The van der Waals surface area contributed by atoms with Crippen LogP contribution in [0.2, 0.25) is 0 Å². The third-order valence-electron chi connectivity index (χ3n) is 4.82. The van der Waals surface area contributed by atoms with Gasteiger partial charge in [0.25, 0.3) is 5.56 Å². The van der Waals surface area contributed by atoms with Gasteiger partial charge < -0.3 is 4.98 Å². The van der Waals surface area contributed by atoms with Crippen LogP contribution in [-0.2, 0) is 6.54 Å². The molecule has 0 aliphatic carbocycles. The summed E-state index contributed by atoms with van der Waals surface area (Å²) in [5.41, 5.74) is 1.22. The number of thiophene rings is 1. The Morgan fingerprint density at radius 2 is 1.92 bits per heavy atom. The third-order valence-corrected chi connectivity index (χ3v) is 5.90. The average molecular weight is 356 g/mol. The zero-order valence-electron chi connectivity index (χ0n) is 15.5. The second-order valence-corrected chi connectivity index (χ2v) is 8.70. The number of hydrogen-bond donors (Lipinski definition) is 1. The normalized spacial score (nSPS) is 13.5. The van der Waals surface area contributed by atoms with Crippen molar-refractivity contribution in [2.24, 2.45) is 5.41 Å². The molecule has 4 nitrogen and oxygen atoms in total. The maximum Gasteiger partial charge on any atom is 0.259 e. The van der Waals surface area contributed by atoms with E-state index >= 15 is 0 Å². The van der Waals surface area contributed by atoms with E-state index in [2.05, 4.69) is 56.8 Å². The number of aromatic nitrogens is 2. The summed E-state index contributed by atoms with van der Waals surface area (Å²) in [6.07, 6.45) is 0. The minimum atomic E-state index is -0.0600. The highest BCUT2D eigenvalue weighted by Gasteiger charge is 2.24. The first-order valence-electron chi connectivity index (χ1n) is 8.54. The minimum absolute atomic E-state index is 0.0600. The molecule has 0 amide bonds. The Kier molecular flexibility index (Phi) is 4.80. The summed E-state index contributed by atoms with van der Waals surface area (Å²) in [5.74, 6) is 0.720. The lowest BCUT2D eigenvalue weighted by Gasteiger charge is -2.35. The average Bonchev–Trinajstić information content (AvgIpc) is 2.98. The predicted molar refractivity (Wildman–Crippen MR) is 106 cm³/mol. The van der Waals surface area contributed by atoms with Gasteiger partial charge in [-0.1, -0.05) is 51.1 Å². The van der Waals surface area contributed by atoms with Gasteiger partial charge in [0, 0.05) is 10.9 Å². The van der Waals surface area contributed by atoms with Crippen molar-refractivity contribution in [2.45, 2.75) is 40.3 Å². The van der Waals surface area contributed by atoms with Crippen LogP contribution < -0.4 is 5.56 Å². The molecule has 0 radical (unpaired) electrons. The molecule has 1 unspecified atom stereocenters. The Morgan fingerprint density at radius 1 is 1.24 bits per heavy atom. The second kappa shape index (κ2) is 6.73. The molecule has 0 aliphatic heterocycles. The molecule has 3 aromatic rings. The van der Waals surface area contributed by atoms with Crippen molar-refractivity contribution in [1.82, 2.24) is 14.9 Å². The molecule has 5 heteroatoms. The molecule has 2 aromatic heterocycles. The van der Waals surface area contributed by atoms with Gasteiger partial charge in [-0.05, 0) is 31.0 Å². The van der Waals surface area contributed by atoms with E-state index in [1.165, 1.54) is 0 Å². The second-order valence-electron chi connectivity index (χ2n) is 7.67. The van der Waals surface area contributed by atoms with Crippen LogP contribution in [-0.4, -0.2) is 28.0 Å². The van der Waals surface area contributed by atoms with Crippen molar-refractivity contribution < 1.29 is 0 Å². The van der Waals surface area contributed by atoms with Gasteiger partial charge in [-0.15, -0.1) is 11.3 Å². The zero-order chi connectivity index (χ0) is 18.2. The number of hydrogen-bond acceptors (Lipinski definition) is 4. The van der Waals surface area contributed by atoms with E-state index in [0.717, 1.165) is 21.1 Å². The van der Waals surface area contributed by atoms with Gasteiger partial charge >= 0.3 is 0 Å². The smallest absolute Gasteiger partial charge is 0.259 e. The van der Waals surface area contributed by atoms with E-state index in [-0.39, 0.29) is 11.0 Å². The van der Waals surface area contributed by atoms with E-state index in [0.29, 0.717) is 18.0 Å². The highest BCUT2D eigenvalue weighted by molar-refractivity contribution is 7.21. The van der Waals surface area contributed by atoms with Gasteiger partial charge in [0.05, 0.1) is 11.9 Å². The van der Waals surface area contributed by atoms with Gasteiger partial charge in [-0.25, -0.2) is 4.98 Å². The van der Waals surface area contributed by atoms with E-state index in [4.69, 9.17) is 4.98 Å². The van der Waals surface area contributed by atoms with Crippen molar-refractivity contribution in [3.63, 3.8) is 0 Å². The van der Waals surface area contributed by atoms with Crippen LogP contribution in [0, 0.1) is 5.41 Å². The molecule has 0 aliphatic rings. The van der Waals surface area contributed by atoms with Crippen molar-refractivity contribution in [1.29, 1.82) is 0 Å². The summed E-state index contributed by atoms with van der Waals surface area (Å²) >= 11 is 1.57. The molecular weight excluding hydrogens is 330 g/mol. The van der Waals surface area contributed by atoms with Crippen LogP contribution in [0.1, 0.15) is 33.5 Å². The van der Waals surface area contributed by atoms with Gasteiger partial charge in [0.1, 0.15) is 10.7 Å². The summed E-state index contributed by atoms with van der Waals surface area (Å²) in [5, 5.41) is 0.666. The molecule has 0 saturated heterocycles. The highest BCUT2D eigenvalue weighted by Crippen LogP contribution is 2.31. The number of benzene rings is 1. The fourth-order valence-electron chi connectivity index (χ4n) is 2.83. The van der Waals surface area contributed by atoms with Crippen molar-refractivity contribution in [2.75, 3.05) is 7.05 Å². The van der Waals surface area contributed by atoms with Crippen LogP contribution >= 0.6 is 11.3 Å². The van der Waals surface area contributed by atoms with Gasteiger partial charge in [0.15, 0.2) is 0 Å². The topological polar surface area (TPSA) is 49.0 Å². The van der Waals surface area contributed by atoms with E-state index in [1.807, 2.05) is 24.3 Å². The first kappa shape index (κ1) is 17.8. The fraction of sp³-hybridized carbons (Fsp3) is 0.400. The van der Waals surface area contributed by atoms with E-state index < -0.39 is 0 Å². The summed E-state index contributed by atoms with van der Waals surface area (Å²) in [7, 11) is 2.07. The van der Waals surface area contributed by atoms with E-state index in [1.54, 1.807) is 11.3 Å². The molecular formula is C20H25N3OS. The van der Waals surface area contributed by atoms with Gasteiger partial charge in [-0.2, -0.15) is 0 Å². The number of nitrogens with zero attached hydrogens (tertiary/aromatic N) is 2. The standard InChI is InChI=1S/C20H25N3OS/c1-13(20(2,3)4)23(5)12-17-21-18(24)15-11-16(25-19(15)22-17)14-9-7-6-8-10-14/h6-11,13H,12H2,1-5H3,(H,21,22,24). The lowest BCUT2D eigenvalue weighted by molar-refractivity contribution is 0.132. The molecule has 1 aromatic carbocycles. The molecule has 2 heterocycles. The summed E-state index contributed by atoms with van der Waals surface area (Å²) in [4.78, 5) is 24.2. The Bertz CT molecular complexity index is 922. The SMILES string of the molecule is CC(N(C)Cc1nc2sc(-c3ccccc3)cc2c(=O)[nH]1)C(C)(C)C.